The van der Waals surface area contributed by atoms with Gasteiger partial charge in [0.1, 0.15) is 0 Å². The van der Waals surface area contributed by atoms with Gasteiger partial charge in [0, 0.05) is 5.56 Å². The van der Waals surface area contributed by atoms with Gasteiger partial charge >= 0.3 is 0 Å². The normalized spacial score (nSPS) is 10.6. The number of methoxy groups -OCH3 is 2. The Labute approximate surface area is 137 Å². The van der Waals surface area contributed by atoms with Crippen LogP contribution in [-0.2, 0) is 0 Å². The van der Waals surface area contributed by atoms with E-state index in [4.69, 9.17) is 9.47 Å². The molecule has 2 aromatic rings. The van der Waals surface area contributed by atoms with E-state index in [-0.39, 0.29) is 5.56 Å². The summed E-state index contributed by atoms with van der Waals surface area (Å²) < 4.78 is 10.3. The molecule has 2 rings (SSSR count). The van der Waals surface area contributed by atoms with Gasteiger partial charge in [0.05, 0.1) is 20.4 Å². The SMILES string of the molecule is COc1ccc(/C=N/NC(=O)c2cc(O)c(O)c(O)c2)cc1OC. The highest BCUT2D eigenvalue weighted by Gasteiger charge is 2.13. The second-order valence-corrected chi connectivity index (χ2v) is 4.68. The zero-order chi connectivity index (χ0) is 17.7. The van der Waals surface area contributed by atoms with Gasteiger partial charge in [-0.2, -0.15) is 5.10 Å². The van der Waals surface area contributed by atoms with Gasteiger partial charge in [-0.15, -0.1) is 0 Å². The molecule has 0 aliphatic rings. The number of benzene rings is 2. The van der Waals surface area contributed by atoms with Crippen LogP contribution in [0.5, 0.6) is 28.7 Å². The van der Waals surface area contributed by atoms with E-state index in [2.05, 4.69) is 10.5 Å². The number of hydrogen-bond acceptors (Lipinski definition) is 7. The van der Waals surface area contributed by atoms with Crippen molar-refractivity contribution in [2.45, 2.75) is 0 Å². The van der Waals surface area contributed by atoms with E-state index in [0.29, 0.717) is 17.1 Å². The molecule has 0 atom stereocenters. The van der Waals surface area contributed by atoms with Crippen LogP contribution in [0.15, 0.2) is 35.4 Å². The standard InChI is InChI=1S/C16H16N2O6/c1-23-13-4-3-9(5-14(13)24-2)8-17-18-16(22)10-6-11(19)15(21)12(20)7-10/h3-8,19-21H,1-2H3,(H,18,22)/b17-8+. The lowest BCUT2D eigenvalue weighted by atomic mass is 10.2. The van der Waals surface area contributed by atoms with Gasteiger partial charge in [-0.1, -0.05) is 0 Å². The molecule has 0 fully saturated rings. The number of nitrogens with one attached hydrogen (secondary N) is 1. The van der Waals surface area contributed by atoms with Crippen molar-refractivity contribution in [1.29, 1.82) is 0 Å². The van der Waals surface area contributed by atoms with Crippen molar-refractivity contribution < 1.29 is 29.6 Å². The summed E-state index contributed by atoms with van der Waals surface area (Å²) in [4.78, 5) is 11.9. The fourth-order valence-corrected chi connectivity index (χ4v) is 1.90. The minimum absolute atomic E-state index is 0.0627. The van der Waals surface area contributed by atoms with Crippen LogP contribution in [0.1, 0.15) is 15.9 Å². The first kappa shape index (κ1) is 16.9. The maximum absolute atomic E-state index is 11.9. The number of hydrazone groups is 1. The van der Waals surface area contributed by atoms with Gasteiger partial charge in [0.2, 0.25) is 0 Å². The van der Waals surface area contributed by atoms with Crippen molar-refractivity contribution in [2.24, 2.45) is 5.10 Å². The highest BCUT2D eigenvalue weighted by Crippen LogP contribution is 2.35. The number of hydrogen-bond donors (Lipinski definition) is 4. The van der Waals surface area contributed by atoms with E-state index in [9.17, 15) is 20.1 Å². The van der Waals surface area contributed by atoms with Crippen LogP contribution in [0.25, 0.3) is 0 Å². The molecule has 2 aromatic carbocycles. The molecule has 126 valence electrons. The van der Waals surface area contributed by atoms with Crippen molar-refractivity contribution in [2.75, 3.05) is 14.2 Å². The predicted octanol–water partition coefficient (Wildman–Crippen LogP) is 1.58. The van der Waals surface area contributed by atoms with Crippen LogP contribution in [0.2, 0.25) is 0 Å². The molecular formula is C16H16N2O6. The molecule has 0 radical (unpaired) electrons. The van der Waals surface area contributed by atoms with Crippen LogP contribution < -0.4 is 14.9 Å². The van der Waals surface area contributed by atoms with Gasteiger partial charge in [0.25, 0.3) is 5.91 Å². The Bertz CT molecular complexity index is 765. The van der Waals surface area contributed by atoms with E-state index in [1.807, 2.05) is 0 Å². The molecule has 0 bridgehead atoms. The third-order valence-corrected chi connectivity index (χ3v) is 3.12. The second-order valence-electron chi connectivity index (χ2n) is 4.68. The summed E-state index contributed by atoms with van der Waals surface area (Å²) in [6.07, 6.45) is 1.39. The second kappa shape index (κ2) is 7.23. The summed E-state index contributed by atoms with van der Waals surface area (Å²) in [6.45, 7) is 0. The van der Waals surface area contributed by atoms with E-state index >= 15 is 0 Å². The largest absolute Gasteiger partial charge is 0.504 e. The molecule has 0 saturated carbocycles. The summed E-state index contributed by atoms with van der Waals surface area (Å²) in [7, 11) is 3.03. The summed E-state index contributed by atoms with van der Waals surface area (Å²) in [5.74, 6) is -1.50. The van der Waals surface area contributed by atoms with Crippen molar-refractivity contribution in [3.8, 4) is 28.7 Å². The first-order chi connectivity index (χ1) is 11.5. The Balaban J connectivity index is 2.10. The molecule has 24 heavy (non-hydrogen) atoms. The maximum atomic E-state index is 11.9. The quantitative estimate of drug-likeness (QED) is 0.375. The molecule has 0 aromatic heterocycles. The molecule has 8 heteroatoms. The van der Waals surface area contributed by atoms with Crippen molar-refractivity contribution in [3.05, 3.63) is 41.5 Å². The van der Waals surface area contributed by atoms with Crippen LogP contribution in [-0.4, -0.2) is 41.7 Å². The Kier molecular flexibility index (Phi) is 5.10. The van der Waals surface area contributed by atoms with Crippen LogP contribution >= 0.6 is 0 Å². The number of carbonyl (C=O) groups excluding carboxylic acids is 1. The predicted molar refractivity (Wildman–Crippen MR) is 86.0 cm³/mol. The van der Waals surface area contributed by atoms with Gasteiger partial charge < -0.3 is 24.8 Å². The Morgan fingerprint density at radius 2 is 1.67 bits per heavy atom. The third-order valence-electron chi connectivity index (χ3n) is 3.12. The minimum atomic E-state index is -0.694. The summed E-state index contributed by atoms with van der Waals surface area (Å²) in [5, 5.41) is 31.8. The Hall–Kier alpha value is -3.42. The van der Waals surface area contributed by atoms with Gasteiger partial charge in [-0.05, 0) is 35.9 Å². The van der Waals surface area contributed by atoms with Crippen LogP contribution in [0, 0.1) is 0 Å². The number of nitrogens with zero attached hydrogens (tertiary/aromatic N) is 1. The van der Waals surface area contributed by atoms with E-state index < -0.39 is 23.2 Å². The molecule has 0 heterocycles. The third kappa shape index (κ3) is 3.67. The van der Waals surface area contributed by atoms with E-state index in [0.717, 1.165) is 12.1 Å². The van der Waals surface area contributed by atoms with Gasteiger partial charge in [-0.25, -0.2) is 5.43 Å². The lowest BCUT2D eigenvalue weighted by Gasteiger charge is -2.07. The average molecular weight is 332 g/mol. The van der Waals surface area contributed by atoms with E-state index in [1.165, 1.54) is 20.4 Å². The number of phenolic OH excluding ortho intramolecular Hbond substituents is 3. The zero-order valence-electron chi connectivity index (χ0n) is 13.0. The van der Waals surface area contributed by atoms with Crippen molar-refractivity contribution in [3.63, 3.8) is 0 Å². The molecule has 4 N–H and O–H groups in total. The highest BCUT2D eigenvalue weighted by atomic mass is 16.5. The molecule has 0 saturated heterocycles. The molecule has 1 amide bonds. The summed E-state index contributed by atoms with van der Waals surface area (Å²) in [5.41, 5.74) is 2.84. The van der Waals surface area contributed by atoms with E-state index in [1.54, 1.807) is 18.2 Å². The van der Waals surface area contributed by atoms with Gasteiger partial charge in [-0.3, -0.25) is 4.79 Å². The van der Waals surface area contributed by atoms with Crippen LogP contribution in [0.3, 0.4) is 0 Å². The zero-order valence-corrected chi connectivity index (χ0v) is 13.0. The number of aromatic hydroxyl groups is 3. The molecular weight excluding hydrogens is 316 g/mol. The molecule has 0 aliphatic carbocycles. The molecule has 8 nitrogen and oxygen atoms in total. The Morgan fingerprint density at radius 3 is 2.25 bits per heavy atom. The fourth-order valence-electron chi connectivity index (χ4n) is 1.90. The highest BCUT2D eigenvalue weighted by molar-refractivity contribution is 5.96. The summed E-state index contributed by atoms with van der Waals surface area (Å²) in [6, 6.07) is 7.10. The molecule has 0 aliphatic heterocycles. The molecule has 0 unspecified atom stereocenters. The summed E-state index contributed by atoms with van der Waals surface area (Å²) >= 11 is 0. The smallest absolute Gasteiger partial charge is 0.271 e. The van der Waals surface area contributed by atoms with Crippen LogP contribution in [0.4, 0.5) is 0 Å². The van der Waals surface area contributed by atoms with Gasteiger partial charge in [0.15, 0.2) is 28.7 Å². The van der Waals surface area contributed by atoms with Crippen molar-refractivity contribution >= 4 is 12.1 Å². The maximum Gasteiger partial charge on any atom is 0.271 e. The first-order valence-electron chi connectivity index (χ1n) is 6.76. The fraction of sp³-hybridized carbons (Fsp3) is 0.125. The number of rotatable bonds is 5. The first-order valence-corrected chi connectivity index (χ1v) is 6.76. The number of carbonyl (C=O) groups is 1. The lowest BCUT2D eigenvalue weighted by molar-refractivity contribution is 0.0954. The number of amides is 1. The Morgan fingerprint density at radius 1 is 1.04 bits per heavy atom. The number of ether oxygens (including phenoxy) is 2. The van der Waals surface area contributed by atoms with Crippen molar-refractivity contribution in [1.82, 2.24) is 5.43 Å². The molecule has 0 spiro atoms. The topological polar surface area (TPSA) is 121 Å². The monoisotopic (exact) mass is 332 g/mol. The number of phenols is 3. The minimum Gasteiger partial charge on any atom is -0.504 e. The lowest BCUT2D eigenvalue weighted by Crippen LogP contribution is -2.17. The average Bonchev–Trinajstić information content (AvgIpc) is 2.58.